The molecule has 0 saturated carbocycles. The van der Waals surface area contributed by atoms with Crippen molar-refractivity contribution in [1.29, 1.82) is 0 Å². The molecule has 2 aromatic carbocycles. The van der Waals surface area contributed by atoms with Crippen LogP contribution in [0, 0.1) is 0 Å². The average molecular weight is 422 g/mol. The number of ketones is 1. The molecule has 2 aliphatic rings. The van der Waals surface area contributed by atoms with E-state index in [4.69, 9.17) is 9.47 Å². The highest BCUT2D eigenvalue weighted by molar-refractivity contribution is 6.11. The van der Waals surface area contributed by atoms with Crippen molar-refractivity contribution >= 4 is 17.7 Å². The minimum atomic E-state index is -1.13. The Labute approximate surface area is 181 Å². The Hall–Kier alpha value is -3.35. The monoisotopic (exact) mass is 422 g/mol. The summed E-state index contributed by atoms with van der Waals surface area (Å²) in [6.45, 7) is 5.79. The fourth-order valence-corrected chi connectivity index (χ4v) is 3.94. The maximum Gasteiger partial charge on any atom is 0.325 e. The lowest BCUT2D eigenvalue weighted by Gasteiger charge is -2.22. The third-order valence-corrected chi connectivity index (χ3v) is 6.06. The van der Waals surface area contributed by atoms with Crippen molar-refractivity contribution in [1.82, 2.24) is 10.2 Å². The zero-order chi connectivity index (χ0) is 22.2. The molecule has 2 aliphatic heterocycles. The van der Waals surface area contributed by atoms with Crippen molar-refractivity contribution in [2.45, 2.75) is 45.1 Å². The number of nitrogens with zero attached hydrogens (tertiary/aromatic N) is 1. The number of rotatable bonds is 7. The summed E-state index contributed by atoms with van der Waals surface area (Å²) in [6.07, 6.45) is 1.29. The first-order valence-corrected chi connectivity index (χ1v) is 10.5. The summed E-state index contributed by atoms with van der Waals surface area (Å²) in [5, 5.41) is 2.75. The smallest absolute Gasteiger partial charge is 0.325 e. The molecule has 2 atom stereocenters. The van der Waals surface area contributed by atoms with E-state index in [1.807, 2.05) is 18.2 Å². The van der Waals surface area contributed by atoms with Crippen molar-refractivity contribution in [2.75, 3.05) is 13.3 Å². The van der Waals surface area contributed by atoms with E-state index in [0.717, 1.165) is 22.4 Å². The quantitative estimate of drug-likeness (QED) is 0.544. The molecule has 0 unspecified atom stereocenters. The van der Waals surface area contributed by atoms with Gasteiger partial charge in [0.25, 0.3) is 5.91 Å². The van der Waals surface area contributed by atoms with E-state index in [1.165, 1.54) is 0 Å². The predicted octanol–water partition coefficient (Wildman–Crippen LogP) is 3.66. The van der Waals surface area contributed by atoms with Crippen LogP contribution in [-0.4, -0.2) is 41.5 Å². The zero-order valence-corrected chi connectivity index (χ0v) is 17.9. The first-order valence-electron chi connectivity index (χ1n) is 10.5. The fourth-order valence-electron chi connectivity index (χ4n) is 3.94. The molecule has 162 valence electrons. The number of carbonyl (C=O) groups is 3. The number of fused-ring (bicyclic) bond motifs is 1. The van der Waals surface area contributed by atoms with Crippen molar-refractivity contribution < 1.29 is 23.9 Å². The molecule has 31 heavy (non-hydrogen) atoms. The minimum absolute atomic E-state index is 0.167. The number of hydrogen-bond acceptors (Lipinski definition) is 5. The average Bonchev–Trinajstić information content (AvgIpc) is 3.31. The number of carbonyl (C=O) groups excluding carboxylic acids is 3. The van der Waals surface area contributed by atoms with Gasteiger partial charge in [-0.15, -0.1) is 0 Å². The Morgan fingerprint density at radius 3 is 2.55 bits per heavy atom. The molecular formula is C24H26N2O5. The highest BCUT2D eigenvalue weighted by Gasteiger charge is 2.48. The zero-order valence-electron chi connectivity index (χ0n) is 17.9. The molecular weight excluding hydrogens is 396 g/mol. The molecule has 1 fully saturated rings. The van der Waals surface area contributed by atoms with Crippen LogP contribution in [0.25, 0.3) is 0 Å². The van der Waals surface area contributed by atoms with Gasteiger partial charge < -0.3 is 14.8 Å². The van der Waals surface area contributed by atoms with Crippen LogP contribution in [0.15, 0.2) is 42.5 Å². The lowest BCUT2D eigenvalue weighted by molar-refractivity contribution is -0.130. The summed E-state index contributed by atoms with van der Waals surface area (Å²) in [5.41, 5.74) is 1.34. The lowest BCUT2D eigenvalue weighted by Crippen LogP contribution is -2.46. The van der Waals surface area contributed by atoms with Gasteiger partial charge in [0.1, 0.15) is 5.54 Å². The van der Waals surface area contributed by atoms with Gasteiger partial charge in [0.05, 0.1) is 6.54 Å². The SMILES string of the molecule is CC[C@@H](C)c1ccc(C(=O)CN2C(=O)N[C@@](C)(Cc3ccc4c(c3)OCO4)C2=O)cc1. The molecule has 7 heteroatoms. The fraction of sp³-hybridized carbons (Fsp3) is 0.375. The van der Waals surface area contributed by atoms with Gasteiger partial charge in [-0.05, 0) is 42.5 Å². The van der Waals surface area contributed by atoms with Crippen molar-refractivity contribution in [3.63, 3.8) is 0 Å². The van der Waals surface area contributed by atoms with Gasteiger partial charge in [-0.2, -0.15) is 0 Å². The Morgan fingerprint density at radius 2 is 1.84 bits per heavy atom. The molecule has 0 aliphatic carbocycles. The molecule has 4 rings (SSSR count). The molecule has 0 bridgehead atoms. The molecule has 7 nitrogen and oxygen atoms in total. The number of hydrogen-bond donors (Lipinski definition) is 1. The number of urea groups is 1. The summed E-state index contributed by atoms with van der Waals surface area (Å²) in [4.78, 5) is 39.3. The molecule has 1 N–H and O–H groups in total. The summed E-state index contributed by atoms with van der Waals surface area (Å²) in [7, 11) is 0. The van der Waals surface area contributed by atoms with Gasteiger partial charge in [-0.1, -0.05) is 44.2 Å². The number of Topliss-reactive ketones (excluding diaryl/α,β-unsaturated/α-hetero) is 1. The summed E-state index contributed by atoms with van der Waals surface area (Å²) < 4.78 is 10.7. The lowest BCUT2D eigenvalue weighted by atomic mass is 9.92. The van der Waals surface area contributed by atoms with E-state index in [9.17, 15) is 14.4 Å². The van der Waals surface area contributed by atoms with Gasteiger partial charge >= 0.3 is 6.03 Å². The van der Waals surface area contributed by atoms with Crippen molar-refractivity contribution in [3.05, 3.63) is 59.2 Å². The Bertz CT molecular complexity index is 1030. The summed E-state index contributed by atoms with van der Waals surface area (Å²) in [5.74, 6) is 0.992. The Morgan fingerprint density at radius 1 is 1.13 bits per heavy atom. The normalized spacial score (nSPS) is 20.7. The molecule has 1 saturated heterocycles. The standard InChI is InChI=1S/C24H26N2O5/c1-4-15(2)17-6-8-18(9-7-17)19(27)13-26-22(28)24(3,25-23(26)29)12-16-5-10-20-21(11-16)31-14-30-20/h5-11,15H,4,12-14H2,1-3H3,(H,25,29)/t15-,24+/m1/s1. The van der Waals surface area contributed by atoms with Crippen LogP contribution >= 0.6 is 0 Å². The second-order valence-corrected chi connectivity index (χ2v) is 8.37. The van der Waals surface area contributed by atoms with E-state index in [2.05, 4.69) is 19.2 Å². The van der Waals surface area contributed by atoms with Crippen LogP contribution in [0.3, 0.4) is 0 Å². The molecule has 2 heterocycles. The first-order chi connectivity index (χ1) is 14.8. The molecule has 2 aromatic rings. The highest BCUT2D eigenvalue weighted by atomic mass is 16.7. The van der Waals surface area contributed by atoms with Crippen molar-refractivity contribution in [3.8, 4) is 11.5 Å². The summed E-state index contributed by atoms with van der Waals surface area (Å²) in [6, 6.07) is 12.2. The van der Waals surface area contributed by atoms with Crippen molar-refractivity contribution in [2.24, 2.45) is 0 Å². The largest absolute Gasteiger partial charge is 0.454 e. The van der Waals surface area contributed by atoms with Crippen LogP contribution < -0.4 is 14.8 Å². The van der Waals surface area contributed by atoms with Crippen LogP contribution in [0.4, 0.5) is 4.79 Å². The number of benzene rings is 2. The van der Waals surface area contributed by atoms with E-state index < -0.39 is 17.5 Å². The Kier molecular flexibility index (Phi) is 5.43. The van der Waals surface area contributed by atoms with E-state index >= 15 is 0 Å². The van der Waals surface area contributed by atoms with Crippen LogP contribution in [-0.2, 0) is 11.2 Å². The second kappa shape index (κ2) is 8.06. The number of nitrogens with one attached hydrogen (secondary N) is 1. The van der Waals surface area contributed by atoms with Gasteiger partial charge in [0, 0.05) is 12.0 Å². The maximum atomic E-state index is 13.1. The molecule has 0 spiro atoms. The van der Waals surface area contributed by atoms with E-state index in [0.29, 0.717) is 23.0 Å². The number of ether oxygens (including phenoxy) is 2. The second-order valence-electron chi connectivity index (χ2n) is 8.37. The van der Waals surface area contributed by atoms with Gasteiger partial charge in [-0.25, -0.2) is 4.79 Å². The van der Waals surface area contributed by atoms with Crippen LogP contribution in [0.1, 0.15) is 54.6 Å². The minimum Gasteiger partial charge on any atom is -0.454 e. The van der Waals surface area contributed by atoms with Gasteiger partial charge in [0.2, 0.25) is 6.79 Å². The third kappa shape index (κ3) is 4.00. The van der Waals surface area contributed by atoms with E-state index in [1.54, 1.807) is 31.2 Å². The topological polar surface area (TPSA) is 84.9 Å². The van der Waals surface area contributed by atoms with E-state index in [-0.39, 0.29) is 25.5 Å². The number of amides is 3. The third-order valence-electron chi connectivity index (χ3n) is 6.06. The maximum absolute atomic E-state index is 13.1. The molecule has 0 aromatic heterocycles. The van der Waals surface area contributed by atoms with Crippen LogP contribution in [0.5, 0.6) is 11.5 Å². The first kappa shape index (κ1) is 20.9. The van der Waals surface area contributed by atoms with Gasteiger partial charge in [-0.3, -0.25) is 14.5 Å². The molecule has 0 radical (unpaired) electrons. The summed E-state index contributed by atoms with van der Waals surface area (Å²) >= 11 is 0. The predicted molar refractivity (Wildman–Crippen MR) is 114 cm³/mol. The van der Waals surface area contributed by atoms with Crippen LogP contribution in [0.2, 0.25) is 0 Å². The Balaban J connectivity index is 1.45. The molecule has 3 amide bonds. The number of imide groups is 1. The van der Waals surface area contributed by atoms with Gasteiger partial charge in [0.15, 0.2) is 17.3 Å². The highest BCUT2D eigenvalue weighted by Crippen LogP contribution is 2.34.